The number of hydrogen-bond donors (Lipinski definition) is 9. The Balaban J connectivity index is 1.67. The van der Waals surface area contributed by atoms with Gasteiger partial charge < -0.3 is 65.1 Å². The van der Waals surface area contributed by atoms with Crippen LogP contribution in [0.4, 0.5) is 0 Å². The molecule has 0 spiro atoms. The maximum atomic E-state index is 13.2. The quantitative estimate of drug-likeness (QED) is 0.0205. The lowest BCUT2D eigenvalue weighted by atomic mass is 9.97. The molecule has 12 unspecified atom stereocenters. The van der Waals surface area contributed by atoms with E-state index in [9.17, 15) is 45.6 Å². The second-order valence-electron chi connectivity index (χ2n) is 20.4. The van der Waals surface area contributed by atoms with E-state index in [4.69, 9.17) is 18.9 Å². The topological polar surface area (TPSA) is 228 Å². The van der Waals surface area contributed by atoms with Crippen molar-refractivity contribution in [3.8, 4) is 0 Å². The van der Waals surface area contributed by atoms with E-state index in [1.165, 1.54) is 51.4 Å². The van der Waals surface area contributed by atoms with Crippen molar-refractivity contribution >= 4 is 5.91 Å². The molecule has 2 aliphatic heterocycles. The van der Waals surface area contributed by atoms with Gasteiger partial charge in [0.25, 0.3) is 0 Å². The molecule has 440 valence electrons. The van der Waals surface area contributed by atoms with Crippen LogP contribution in [0.1, 0.15) is 187 Å². The molecule has 0 bridgehead atoms. The van der Waals surface area contributed by atoms with Crippen molar-refractivity contribution in [2.75, 3.05) is 19.8 Å². The lowest BCUT2D eigenvalue weighted by Crippen LogP contribution is -2.65. The third-order valence-corrected chi connectivity index (χ3v) is 13.7. The van der Waals surface area contributed by atoms with Crippen molar-refractivity contribution in [3.05, 3.63) is 109 Å². The highest BCUT2D eigenvalue weighted by Gasteiger charge is 2.51. The fourth-order valence-electron chi connectivity index (χ4n) is 8.95. The molecule has 0 aromatic carbocycles. The van der Waals surface area contributed by atoms with E-state index in [2.05, 4.69) is 116 Å². The Morgan fingerprint density at radius 1 is 0.481 bits per heavy atom. The molecule has 2 heterocycles. The summed E-state index contributed by atoms with van der Waals surface area (Å²) in [7, 11) is 0. The van der Waals surface area contributed by atoms with E-state index >= 15 is 0 Å². The third kappa shape index (κ3) is 33.1. The molecule has 0 saturated carbocycles. The summed E-state index contributed by atoms with van der Waals surface area (Å²) < 4.78 is 22.7. The average molecular weight is 1080 g/mol. The highest BCUT2D eigenvalue weighted by molar-refractivity contribution is 5.76. The smallest absolute Gasteiger partial charge is 0.220 e. The van der Waals surface area contributed by atoms with Crippen molar-refractivity contribution in [2.24, 2.45) is 0 Å². The fraction of sp³-hybridized carbons (Fsp3) is 0.698. The molecule has 2 aliphatic rings. The van der Waals surface area contributed by atoms with E-state index in [-0.39, 0.29) is 18.9 Å². The van der Waals surface area contributed by atoms with E-state index in [0.29, 0.717) is 6.42 Å². The molecule has 1 amide bonds. The Hall–Kier alpha value is -3.35. The Morgan fingerprint density at radius 3 is 1.38 bits per heavy atom. The zero-order chi connectivity index (χ0) is 56.0. The molecule has 2 fully saturated rings. The van der Waals surface area contributed by atoms with Gasteiger partial charge >= 0.3 is 0 Å². The number of nitrogens with one attached hydrogen (secondary N) is 1. The van der Waals surface area contributed by atoms with Crippen molar-refractivity contribution in [1.82, 2.24) is 5.32 Å². The molecular formula is C63H105NO13. The normalized spacial score (nSPS) is 25.5. The first kappa shape index (κ1) is 69.8. The van der Waals surface area contributed by atoms with Gasteiger partial charge in [0.05, 0.1) is 32.0 Å². The molecule has 9 N–H and O–H groups in total. The third-order valence-electron chi connectivity index (χ3n) is 13.7. The maximum absolute atomic E-state index is 13.2. The van der Waals surface area contributed by atoms with Crippen LogP contribution in [0.3, 0.4) is 0 Å². The number of ether oxygens (including phenoxy) is 4. The molecule has 0 radical (unpaired) electrons. The monoisotopic (exact) mass is 1080 g/mol. The Labute approximate surface area is 464 Å². The summed E-state index contributed by atoms with van der Waals surface area (Å²) >= 11 is 0. The van der Waals surface area contributed by atoms with Gasteiger partial charge in [0, 0.05) is 6.42 Å². The van der Waals surface area contributed by atoms with Gasteiger partial charge in [0.2, 0.25) is 5.91 Å². The summed E-state index contributed by atoms with van der Waals surface area (Å²) in [5, 5.41) is 86.8. The standard InChI is InChI=1S/C63H105NO13/c1-3-5-7-9-11-13-15-16-17-18-19-20-21-22-23-24-25-26-27-28-29-30-31-32-33-34-35-36-37-39-41-43-45-47-55(68)64-51(52(67)46-44-42-40-38-14-12-10-8-6-4-2)50-74-62-60(73)58(71)61(54(49-66)76-62)77-63-59(72)57(70)56(69)53(48-65)75-63/h5,7,11,13,16-17,19-20,22-23,25-26,28-29,31-32,44,46,51-54,56-63,65-67,69-73H,3-4,6,8-10,12,14-15,18,21,24,27,30,33-43,45,47-50H2,1-2H3,(H,64,68)/b7-5-,13-11-,17-16-,20-19-,23-22-,26-25-,29-28-,32-31-,46-44+. The first-order valence-electron chi connectivity index (χ1n) is 29.6. The maximum Gasteiger partial charge on any atom is 0.220 e. The number of carbonyl (C=O) groups is 1. The Bertz CT molecular complexity index is 1700. The minimum atomic E-state index is -1.79. The molecule has 0 aromatic rings. The summed E-state index contributed by atoms with van der Waals surface area (Å²) in [5.74, 6) is -0.256. The number of carbonyl (C=O) groups excluding carboxylic acids is 1. The van der Waals surface area contributed by atoms with Gasteiger partial charge in [0.1, 0.15) is 48.8 Å². The second-order valence-corrected chi connectivity index (χ2v) is 20.4. The van der Waals surface area contributed by atoms with Crippen LogP contribution >= 0.6 is 0 Å². The Kier molecular flexibility index (Phi) is 43.0. The first-order valence-corrected chi connectivity index (χ1v) is 29.6. The number of aliphatic hydroxyl groups is 8. The second kappa shape index (κ2) is 47.5. The van der Waals surface area contributed by atoms with E-state index in [1.54, 1.807) is 6.08 Å². The highest BCUT2D eigenvalue weighted by atomic mass is 16.7. The number of rotatable bonds is 45. The van der Waals surface area contributed by atoms with Crippen LogP contribution in [0.2, 0.25) is 0 Å². The minimum Gasteiger partial charge on any atom is -0.394 e. The minimum absolute atomic E-state index is 0.256. The zero-order valence-electron chi connectivity index (χ0n) is 47.2. The first-order chi connectivity index (χ1) is 37.6. The molecule has 2 saturated heterocycles. The SMILES string of the molecule is CC/C=C\C/C=C\C/C=C\C/C=C\C/C=C\C/C=C\C/C=C\C/C=C\CCCCCCCCCCC(=O)NC(COC1OC(CO)C(OC2OC(CO)C(O)C(O)C2O)C(O)C1O)C(O)/C=C/CCCCCCCCCC. The summed E-state index contributed by atoms with van der Waals surface area (Å²) in [5.41, 5.74) is 0. The molecular weight excluding hydrogens is 979 g/mol. The van der Waals surface area contributed by atoms with Crippen LogP contribution in [-0.4, -0.2) is 140 Å². The number of allylic oxidation sites excluding steroid dienone is 17. The largest absolute Gasteiger partial charge is 0.394 e. The number of amides is 1. The number of hydrogen-bond acceptors (Lipinski definition) is 13. The number of unbranched alkanes of at least 4 members (excludes halogenated alkanes) is 16. The van der Waals surface area contributed by atoms with Crippen LogP contribution in [0.5, 0.6) is 0 Å². The van der Waals surface area contributed by atoms with Crippen LogP contribution in [0.25, 0.3) is 0 Å². The van der Waals surface area contributed by atoms with Gasteiger partial charge in [0.15, 0.2) is 12.6 Å². The molecule has 77 heavy (non-hydrogen) atoms. The van der Waals surface area contributed by atoms with Crippen molar-refractivity contribution in [1.29, 1.82) is 0 Å². The molecule has 0 aliphatic carbocycles. The van der Waals surface area contributed by atoms with Gasteiger partial charge in [-0.3, -0.25) is 4.79 Å². The summed E-state index contributed by atoms with van der Waals surface area (Å²) in [6.45, 7) is 2.62. The van der Waals surface area contributed by atoms with Gasteiger partial charge in [-0.15, -0.1) is 0 Å². The summed E-state index contributed by atoms with van der Waals surface area (Å²) in [6.07, 6.45) is 50.0. The van der Waals surface area contributed by atoms with Gasteiger partial charge in [-0.1, -0.05) is 207 Å². The predicted octanol–water partition coefficient (Wildman–Crippen LogP) is 10.1. The Morgan fingerprint density at radius 2 is 0.896 bits per heavy atom. The molecule has 14 heteroatoms. The summed E-state index contributed by atoms with van der Waals surface area (Å²) in [6, 6.07) is -0.925. The van der Waals surface area contributed by atoms with Crippen LogP contribution in [0.15, 0.2) is 109 Å². The predicted molar refractivity (Wildman–Crippen MR) is 309 cm³/mol. The number of aliphatic hydroxyl groups excluding tert-OH is 8. The lowest BCUT2D eigenvalue weighted by molar-refractivity contribution is -0.359. The fourth-order valence-corrected chi connectivity index (χ4v) is 8.95. The lowest BCUT2D eigenvalue weighted by Gasteiger charge is -2.46. The van der Waals surface area contributed by atoms with Gasteiger partial charge in [-0.05, 0) is 83.5 Å². The van der Waals surface area contributed by atoms with Crippen LogP contribution in [-0.2, 0) is 23.7 Å². The average Bonchev–Trinajstić information content (AvgIpc) is 3.45. The summed E-state index contributed by atoms with van der Waals surface area (Å²) in [4.78, 5) is 13.2. The van der Waals surface area contributed by atoms with Gasteiger partial charge in [-0.2, -0.15) is 0 Å². The highest BCUT2D eigenvalue weighted by Crippen LogP contribution is 2.30. The van der Waals surface area contributed by atoms with Crippen LogP contribution < -0.4 is 5.32 Å². The van der Waals surface area contributed by atoms with Crippen molar-refractivity contribution < 1.29 is 64.6 Å². The van der Waals surface area contributed by atoms with E-state index in [1.807, 2.05) is 6.08 Å². The van der Waals surface area contributed by atoms with Crippen molar-refractivity contribution in [3.63, 3.8) is 0 Å². The molecule has 14 nitrogen and oxygen atoms in total. The van der Waals surface area contributed by atoms with Crippen molar-refractivity contribution in [2.45, 2.75) is 261 Å². The van der Waals surface area contributed by atoms with E-state index < -0.39 is 86.8 Å². The zero-order valence-corrected chi connectivity index (χ0v) is 47.2. The van der Waals surface area contributed by atoms with Crippen LogP contribution in [0, 0.1) is 0 Å². The molecule has 2 rings (SSSR count). The molecule has 0 aromatic heterocycles. The van der Waals surface area contributed by atoms with Gasteiger partial charge in [-0.25, -0.2) is 0 Å². The molecule has 12 atom stereocenters. The van der Waals surface area contributed by atoms with E-state index in [0.717, 1.165) is 109 Å².